The largest absolute Gasteiger partial charge is 0.394 e. The molecule has 0 aliphatic carbocycles. The van der Waals surface area contributed by atoms with Crippen LogP contribution in [0.4, 0.5) is 0 Å². The van der Waals surface area contributed by atoms with Gasteiger partial charge < -0.3 is 65.1 Å². The summed E-state index contributed by atoms with van der Waals surface area (Å²) in [6.07, 6.45) is 15.6. The zero-order valence-electron chi connectivity index (χ0n) is 34.6. The molecule has 12 unspecified atom stereocenters. The number of rotatable bonds is 31. The molecule has 0 spiro atoms. The quantitative estimate of drug-likeness (QED) is 0.0361. The lowest BCUT2D eigenvalue weighted by Crippen LogP contribution is -2.65. The smallest absolute Gasteiger partial charge is 0.220 e. The highest BCUT2D eigenvalue weighted by atomic mass is 16.7. The Morgan fingerprint density at radius 2 is 1.18 bits per heavy atom. The van der Waals surface area contributed by atoms with Gasteiger partial charge in [-0.25, -0.2) is 0 Å². The van der Waals surface area contributed by atoms with Crippen LogP contribution in [0.3, 0.4) is 0 Å². The standard InChI is InChI=1S/C43H77NO13/c1-3-5-7-9-10-11-12-13-14-15-16-17-18-19-20-21-22-23-25-27-35(48)44-31(32(47)26-24-8-6-4-2)30-54-42-40(53)38(51)41(34(29-46)56-42)57-43-39(52)37(50)36(49)33(28-45)55-43/h10-11,13-14,24,26,31-34,36-43,45-47,49-53H,3-9,12,15-23,25,27-30H2,1-2H3,(H,44,48)/b11-10-,14-13-,26-24+. The fourth-order valence-corrected chi connectivity index (χ4v) is 6.89. The number of allylic oxidation sites excluding steroid dienone is 5. The molecule has 9 N–H and O–H groups in total. The Labute approximate surface area is 341 Å². The Morgan fingerprint density at radius 3 is 1.79 bits per heavy atom. The normalized spacial score (nSPS) is 29.4. The molecular weight excluding hydrogens is 738 g/mol. The summed E-state index contributed by atoms with van der Waals surface area (Å²) in [6, 6.07) is -0.911. The number of carbonyl (C=O) groups is 1. The maximum absolute atomic E-state index is 13.0. The molecule has 332 valence electrons. The third-order valence-corrected chi connectivity index (χ3v) is 10.6. The summed E-state index contributed by atoms with van der Waals surface area (Å²) in [5.41, 5.74) is 0. The molecule has 2 heterocycles. The Hall–Kier alpha value is -1.79. The van der Waals surface area contributed by atoms with Crippen LogP contribution < -0.4 is 5.32 Å². The molecule has 0 radical (unpaired) electrons. The second kappa shape index (κ2) is 31.1. The van der Waals surface area contributed by atoms with Gasteiger partial charge in [0.25, 0.3) is 0 Å². The van der Waals surface area contributed by atoms with Crippen LogP contribution in [0.1, 0.15) is 136 Å². The molecule has 0 saturated carbocycles. The van der Waals surface area contributed by atoms with Crippen LogP contribution in [0, 0.1) is 0 Å². The van der Waals surface area contributed by atoms with Gasteiger partial charge in [-0.05, 0) is 44.9 Å². The third kappa shape index (κ3) is 19.9. The number of unbranched alkanes of at least 4 members (excludes halogenated alkanes) is 14. The van der Waals surface area contributed by atoms with Gasteiger partial charge in [0, 0.05) is 6.42 Å². The molecule has 1 amide bonds. The van der Waals surface area contributed by atoms with Gasteiger partial charge >= 0.3 is 0 Å². The van der Waals surface area contributed by atoms with Crippen LogP contribution in [-0.2, 0) is 23.7 Å². The number of hydrogen-bond acceptors (Lipinski definition) is 13. The number of aliphatic hydroxyl groups excluding tert-OH is 8. The highest BCUT2D eigenvalue weighted by Crippen LogP contribution is 2.30. The summed E-state index contributed by atoms with van der Waals surface area (Å²) in [5.74, 6) is -0.256. The predicted octanol–water partition coefficient (Wildman–Crippen LogP) is 3.59. The van der Waals surface area contributed by atoms with Gasteiger partial charge in [-0.15, -0.1) is 0 Å². The summed E-state index contributed by atoms with van der Waals surface area (Å²) in [7, 11) is 0. The minimum absolute atomic E-state index is 0.256. The first-order valence-corrected chi connectivity index (χ1v) is 21.7. The van der Waals surface area contributed by atoms with Crippen LogP contribution in [0.15, 0.2) is 36.5 Å². The van der Waals surface area contributed by atoms with Crippen molar-refractivity contribution in [2.24, 2.45) is 0 Å². The van der Waals surface area contributed by atoms with Crippen LogP contribution in [0.2, 0.25) is 0 Å². The molecule has 0 aromatic carbocycles. The third-order valence-electron chi connectivity index (χ3n) is 10.6. The molecule has 2 rings (SSSR count). The monoisotopic (exact) mass is 816 g/mol. The van der Waals surface area contributed by atoms with Crippen molar-refractivity contribution in [1.29, 1.82) is 0 Å². The van der Waals surface area contributed by atoms with Gasteiger partial charge in [0.2, 0.25) is 5.91 Å². The van der Waals surface area contributed by atoms with Crippen LogP contribution in [-0.4, -0.2) is 140 Å². The van der Waals surface area contributed by atoms with E-state index in [1.165, 1.54) is 57.8 Å². The van der Waals surface area contributed by atoms with Crippen molar-refractivity contribution < 1.29 is 64.6 Å². The molecule has 57 heavy (non-hydrogen) atoms. The Kier molecular flexibility index (Phi) is 28.1. The Bertz CT molecular complexity index is 1100. The van der Waals surface area contributed by atoms with E-state index >= 15 is 0 Å². The fraction of sp³-hybridized carbons (Fsp3) is 0.837. The topological polar surface area (TPSA) is 228 Å². The van der Waals surface area contributed by atoms with Crippen molar-refractivity contribution in [3.8, 4) is 0 Å². The molecule has 14 heteroatoms. The summed E-state index contributed by atoms with van der Waals surface area (Å²) < 4.78 is 22.4. The minimum atomic E-state index is -1.78. The van der Waals surface area contributed by atoms with Crippen molar-refractivity contribution in [3.63, 3.8) is 0 Å². The Morgan fingerprint density at radius 1 is 0.632 bits per heavy atom. The number of hydrogen-bond donors (Lipinski definition) is 9. The van der Waals surface area contributed by atoms with Crippen LogP contribution >= 0.6 is 0 Å². The fourth-order valence-electron chi connectivity index (χ4n) is 6.89. The van der Waals surface area contributed by atoms with Gasteiger partial charge in [0.05, 0.1) is 32.0 Å². The minimum Gasteiger partial charge on any atom is -0.394 e. The van der Waals surface area contributed by atoms with E-state index in [0.29, 0.717) is 6.42 Å². The first kappa shape index (κ1) is 51.4. The maximum Gasteiger partial charge on any atom is 0.220 e. The van der Waals surface area contributed by atoms with E-state index in [2.05, 4.69) is 43.5 Å². The summed E-state index contributed by atoms with van der Waals surface area (Å²) in [4.78, 5) is 13.0. The molecule has 2 aliphatic heterocycles. The second-order valence-electron chi connectivity index (χ2n) is 15.5. The zero-order valence-corrected chi connectivity index (χ0v) is 34.6. The van der Waals surface area contributed by atoms with E-state index in [1.807, 2.05) is 6.08 Å². The second-order valence-corrected chi connectivity index (χ2v) is 15.5. The van der Waals surface area contributed by atoms with Crippen molar-refractivity contribution >= 4 is 5.91 Å². The first-order valence-electron chi connectivity index (χ1n) is 21.7. The lowest BCUT2D eigenvalue weighted by Gasteiger charge is -2.46. The highest BCUT2D eigenvalue weighted by Gasteiger charge is 2.50. The van der Waals surface area contributed by atoms with Gasteiger partial charge in [-0.3, -0.25) is 4.79 Å². The SMILES string of the molecule is CCCC/C=C/C(O)C(COC1OC(CO)C(OC2OC(CO)C(O)C(O)C2O)C(O)C1O)NC(=O)CCCCCCCCCCC/C=C\C/C=C\CCCCC. The van der Waals surface area contributed by atoms with Crippen molar-refractivity contribution in [3.05, 3.63) is 36.5 Å². The van der Waals surface area contributed by atoms with Crippen molar-refractivity contribution in [1.82, 2.24) is 5.32 Å². The van der Waals surface area contributed by atoms with E-state index in [-0.39, 0.29) is 18.9 Å². The zero-order chi connectivity index (χ0) is 41.8. The average Bonchev–Trinajstić information content (AvgIpc) is 3.21. The van der Waals surface area contributed by atoms with Crippen LogP contribution in [0.25, 0.3) is 0 Å². The van der Waals surface area contributed by atoms with Crippen LogP contribution in [0.5, 0.6) is 0 Å². The van der Waals surface area contributed by atoms with E-state index in [9.17, 15) is 45.6 Å². The number of nitrogens with one attached hydrogen (secondary N) is 1. The molecule has 2 fully saturated rings. The lowest BCUT2D eigenvalue weighted by molar-refractivity contribution is -0.359. The molecule has 12 atom stereocenters. The van der Waals surface area contributed by atoms with E-state index in [4.69, 9.17) is 18.9 Å². The molecule has 0 bridgehead atoms. The van der Waals surface area contributed by atoms with E-state index < -0.39 is 86.8 Å². The van der Waals surface area contributed by atoms with Gasteiger partial charge in [-0.2, -0.15) is 0 Å². The highest BCUT2D eigenvalue weighted by molar-refractivity contribution is 5.76. The summed E-state index contributed by atoms with van der Waals surface area (Å²) in [5, 5.41) is 85.8. The maximum atomic E-state index is 13.0. The molecular formula is C43H77NO13. The first-order chi connectivity index (χ1) is 27.6. The summed E-state index contributed by atoms with van der Waals surface area (Å²) >= 11 is 0. The molecule has 2 aliphatic rings. The van der Waals surface area contributed by atoms with E-state index in [0.717, 1.165) is 51.4 Å². The average molecular weight is 816 g/mol. The number of aliphatic hydroxyl groups is 8. The number of carbonyl (C=O) groups excluding carboxylic acids is 1. The molecule has 0 aromatic heterocycles. The number of ether oxygens (including phenoxy) is 4. The van der Waals surface area contributed by atoms with Crippen molar-refractivity contribution in [2.75, 3.05) is 19.8 Å². The molecule has 14 nitrogen and oxygen atoms in total. The van der Waals surface area contributed by atoms with Gasteiger partial charge in [-0.1, -0.05) is 121 Å². The number of amides is 1. The predicted molar refractivity (Wildman–Crippen MR) is 217 cm³/mol. The summed E-state index contributed by atoms with van der Waals surface area (Å²) in [6.45, 7) is 2.56. The Balaban J connectivity index is 1.76. The molecule has 2 saturated heterocycles. The van der Waals surface area contributed by atoms with Gasteiger partial charge in [0.15, 0.2) is 12.6 Å². The van der Waals surface area contributed by atoms with E-state index in [1.54, 1.807) is 6.08 Å². The lowest BCUT2D eigenvalue weighted by atomic mass is 9.97. The molecule has 0 aromatic rings. The van der Waals surface area contributed by atoms with Gasteiger partial charge in [0.1, 0.15) is 48.8 Å². The van der Waals surface area contributed by atoms with Crippen molar-refractivity contribution in [2.45, 2.75) is 209 Å².